The molecule has 4 aliphatic rings. The Balaban J connectivity index is 1.34. The first kappa shape index (κ1) is 28.7. The maximum Gasteiger partial charge on any atom is 0.0589 e. The molecule has 0 bridgehead atoms. The molecule has 0 aromatic rings. The molecule has 4 aliphatic carbocycles. The summed E-state index contributed by atoms with van der Waals surface area (Å²) in [6.45, 7) is 7.19. The Morgan fingerprint density at radius 2 is 2.03 bits per heavy atom. The zero-order chi connectivity index (χ0) is 27.3. The summed E-state index contributed by atoms with van der Waals surface area (Å²) >= 11 is 0. The molecule has 3 heteroatoms. The highest BCUT2D eigenvalue weighted by molar-refractivity contribution is 6.06. The molecule has 0 amide bonds. The first-order chi connectivity index (χ1) is 19.1. The van der Waals surface area contributed by atoms with Gasteiger partial charge in [0.2, 0.25) is 0 Å². The monoisotopic (exact) mass is 521 g/mol. The van der Waals surface area contributed by atoms with Gasteiger partial charge >= 0.3 is 0 Å². The van der Waals surface area contributed by atoms with Crippen LogP contribution in [0.3, 0.4) is 0 Å². The van der Waals surface area contributed by atoms with Crippen molar-refractivity contribution in [3.05, 3.63) is 120 Å². The van der Waals surface area contributed by atoms with Gasteiger partial charge in [-0.25, -0.2) is 0 Å². The third-order valence-electron chi connectivity index (χ3n) is 8.01. The van der Waals surface area contributed by atoms with Crippen LogP contribution >= 0.6 is 0 Å². The van der Waals surface area contributed by atoms with E-state index in [-0.39, 0.29) is 0 Å². The van der Waals surface area contributed by atoms with Crippen LogP contribution in [0.25, 0.3) is 0 Å². The van der Waals surface area contributed by atoms with Crippen LogP contribution in [0.4, 0.5) is 0 Å². The molecule has 3 N–H and O–H groups in total. The van der Waals surface area contributed by atoms with Crippen LogP contribution in [0.2, 0.25) is 0 Å². The van der Waals surface area contributed by atoms with E-state index in [1.807, 2.05) is 6.08 Å². The zero-order valence-electron chi connectivity index (χ0n) is 23.7. The lowest BCUT2D eigenvalue weighted by Gasteiger charge is -2.26. The summed E-state index contributed by atoms with van der Waals surface area (Å²) in [7, 11) is 0. The largest absolute Gasteiger partial charge is 0.387 e. The molecule has 3 nitrogen and oxygen atoms in total. The second kappa shape index (κ2) is 15.3. The number of allylic oxidation sites excluding steroid dienone is 16. The van der Waals surface area contributed by atoms with E-state index in [1.54, 1.807) is 0 Å². The van der Waals surface area contributed by atoms with E-state index in [9.17, 15) is 0 Å². The van der Waals surface area contributed by atoms with Crippen molar-refractivity contribution >= 4 is 5.71 Å². The van der Waals surface area contributed by atoms with Crippen molar-refractivity contribution in [2.45, 2.75) is 70.8 Å². The van der Waals surface area contributed by atoms with Crippen molar-refractivity contribution < 1.29 is 0 Å². The summed E-state index contributed by atoms with van der Waals surface area (Å²) in [5, 5.41) is 16.1. The van der Waals surface area contributed by atoms with E-state index in [4.69, 9.17) is 5.41 Å². The van der Waals surface area contributed by atoms with Gasteiger partial charge in [-0.1, -0.05) is 85.9 Å². The molecule has 0 spiro atoms. The maximum absolute atomic E-state index is 8.67. The molecule has 0 fully saturated rings. The highest BCUT2D eigenvalue weighted by Crippen LogP contribution is 2.27. The Hall–Kier alpha value is -3.33. The minimum atomic E-state index is 0.304. The Bertz CT molecular complexity index is 1130. The number of hydrogen-bond donors (Lipinski definition) is 3. The highest BCUT2D eigenvalue weighted by Gasteiger charge is 2.17. The molecule has 206 valence electrons. The quantitative estimate of drug-likeness (QED) is 0.129. The molecule has 0 heterocycles. The van der Waals surface area contributed by atoms with Crippen molar-refractivity contribution in [2.75, 3.05) is 6.54 Å². The van der Waals surface area contributed by atoms with E-state index < -0.39 is 0 Å². The molecule has 39 heavy (non-hydrogen) atoms. The van der Waals surface area contributed by atoms with Crippen LogP contribution in [0, 0.1) is 23.2 Å². The first-order valence-electron chi connectivity index (χ1n) is 15.0. The van der Waals surface area contributed by atoms with Crippen molar-refractivity contribution in [1.29, 1.82) is 5.41 Å². The van der Waals surface area contributed by atoms with Crippen LogP contribution in [0.5, 0.6) is 0 Å². The Morgan fingerprint density at radius 3 is 2.77 bits per heavy atom. The van der Waals surface area contributed by atoms with Gasteiger partial charge in [0.05, 0.1) is 5.71 Å². The van der Waals surface area contributed by atoms with Gasteiger partial charge in [-0.05, 0) is 87.0 Å². The molecule has 0 aromatic carbocycles. The smallest absolute Gasteiger partial charge is 0.0589 e. The summed E-state index contributed by atoms with van der Waals surface area (Å²) in [6.07, 6.45) is 42.8. The van der Waals surface area contributed by atoms with Gasteiger partial charge < -0.3 is 16.0 Å². The van der Waals surface area contributed by atoms with Crippen molar-refractivity contribution in [1.82, 2.24) is 10.6 Å². The van der Waals surface area contributed by atoms with Gasteiger partial charge in [0, 0.05) is 35.8 Å². The fourth-order valence-electron chi connectivity index (χ4n) is 5.66. The predicted molar refractivity (Wildman–Crippen MR) is 169 cm³/mol. The van der Waals surface area contributed by atoms with Crippen LogP contribution in [-0.4, -0.2) is 18.3 Å². The van der Waals surface area contributed by atoms with E-state index >= 15 is 0 Å². The molecule has 4 atom stereocenters. The zero-order valence-corrected chi connectivity index (χ0v) is 23.7. The maximum atomic E-state index is 8.67. The van der Waals surface area contributed by atoms with E-state index in [0.29, 0.717) is 29.5 Å². The second-order valence-electron chi connectivity index (χ2n) is 11.2. The summed E-state index contributed by atoms with van der Waals surface area (Å²) < 4.78 is 0. The minimum Gasteiger partial charge on any atom is -0.387 e. The average Bonchev–Trinajstić information content (AvgIpc) is 2.98. The van der Waals surface area contributed by atoms with E-state index in [1.165, 1.54) is 24.1 Å². The van der Waals surface area contributed by atoms with Gasteiger partial charge in [-0.2, -0.15) is 0 Å². The number of rotatable bonds is 13. The average molecular weight is 522 g/mol. The summed E-state index contributed by atoms with van der Waals surface area (Å²) in [5.74, 6) is 1.37. The molecular formula is C36H47N3. The molecule has 0 radical (unpaired) electrons. The lowest BCUT2D eigenvalue weighted by Crippen LogP contribution is -2.29. The lowest BCUT2D eigenvalue weighted by molar-refractivity contribution is 0.494. The van der Waals surface area contributed by atoms with Crippen LogP contribution in [-0.2, 0) is 0 Å². The fourth-order valence-corrected chi connectivity index (χ4v) is 5.66. The van der Waals surface area contributed by atoms with Gasteiger partial charge in [0.25, 0.3) is 0 Å². The third kappa shape index (κ3) is 9.13. The predicted octanol–water partition coefficient (Wildman–Crippen LogP) is 8.58. The molecule has 0 saturated heterocycles. The van der Waals surface area contributed by atoms with Gasteiger partial charge in [0.15, 0.2) is 0 Å². The first-order valence-corrected chi connectivity index (χ1v) is 15.0. The fraction of sp³-hybridized carbons (Fsp3) is 0.417. The number of nitrogens with one attached hydrogen (secondary N) is 3. The van der Waals surface area contributed by atoms with E-state index in [2.05, 4.69) is 109 Å². The Morgan fingerprint density at radius 1 is 1.10 bits per heavy atom. The van der Waals surface area contributed by atoms with Crippen molar-refractivity contribution in [3.8, 4) is 0 Å². The molecule has 0 aromatic heterocycles. The Kier molecular flexibility index (Phi) is 11.3. The summed E-state index contributed by atoms with van der Waals surface area (Å²) in [4.78, 5) is 0. The molecule has 0 saturated carbocycles. The van der Waals surface area contributed by atoms with Crippen molar-refractivity contribution in [2.24, 2.45) is 17.8 Å². The van der Waals surface area contributed by atoms with Gasteiger partial charge in [-0.3, -0.25) is 0 Å². The highest BCUT2D eigenvalue weighted by atomic mass is 14.9. The van der Waals surface area contributed by atoms with Gasteiger partial charge in [0.1, 0.15) is 0 Å². The second-order valence-corrected chi connectivity index (χ2v) is 11.2. The van der Waals surface area contributed by atoms with Crippen LogP contribution in [0.1, 0.15) is 64.7 Å². The van der Waals surface area contributed by atoms with Gasteiger partial charge in [-0.15, -0.1) is 6.58 Å². The Labute approximate surface area is 236 Å². The normalized spacial score (nSPS) is 25.6. The number of hydrogen-bond acceptors (Lipinski definition) is 3. The summed E-state index contributed by atoms with van der Waals surface area (Å²) in [6, 6.07) is 0.468. The standard InChI is InChI=1S/C36H47N3/c1-3-13-29(32-19-12-20-34(26-32)39-33-23-21-28(2)22-24-33)14-10-11-25-38-36(31-17-8-5-9-18-31)27-35(37)30-15-6-4-7-16-30/h3-6,8-10,14-15,17,19,21,23,26-29,31,33,37-39H,1,7,11-13,16,18,20,22,24-25H2,2H3/b14-10-,36-27-,37-35?/t28?,29?,31-,33-/m0/s1. The topological polar surface area (TPSA) is 47.9 Å². The third-order valence-corrected chi connectivity index (χ3v) is 8.01. The SMILES string of the molecule is C=CCC(/C=C\CCN/C(=C\C(=N)C1=CC=CCC1)[C@H]1C=CC=CC1)C1=CCCC(N[C@H]2C=CC(C)CC2)=C1. The molecule has 2 unspecified atom stereocenters. The summed E-state index contributed by atoms with van der Waals surface area (Å²) in [5.41, 5.74) is 5.67. The van der Waals surface area contributed by atoms with Crippen LogP contribution in [0.15, 0.2) is 120 Å². The molecule has 4 rings (SSSR count). The minimum absolute atomic E-state index is 0.304. The van der Waals surface area contributed by atoms with Crippen LogP contribution < -0.4 is 10.6 Å². The molecule has 0 aliphatic heterocycles. The lowest BCUT2D eigenvalue weighted by atomic mass is 9.89. The van der Waals surface area contributed by atoms with E-state index in [0.717, 1.165) is 62.8 Å². The molecular weight excluding hydrogens is 474 g/mol. The van der Waals surface area contributed by atoms with Crippen molar-refractivity contribution in [3.63, 3.8) is 0 Å².